The van der Waals surface area contributed by atoms with Crippen LogP contribution in [0.1, 0.15) is 24.5 Å². The van der Waals surface area contributed by atoms with Gasteiger partial charge >= 0.3 is 0 Å². The Balaban J connectivity index is 1.58. The van der Waals surface area contributed by atoms with E-state index in [0.717, 1.165) is 5.56 Å². The van der Waals surface area contributed by atoms with Crippen molar-refractivity contribution < 1.29 is 23.8 Å². The molecule has 2 N–H and O–H groups in total. The van der Waals surface area contributed by atoms with Gasteiger partial charge in [-0.3, -0.25) is 9.59 Å². The lowest BCUT2D eigenvalue weighted by atomic mass is 10.2. The minimum absolute atomic E-state index is 0.264. The minimum Gasteiger partial charge on any atom is -0.497 e. The highest BCUT2D eigenvalue weighted by molar-refractivity contribution is 9.10. The SMILES string of the molecule is CCOc1cc(C=NNC(=O)CC(=O)Nc2ccc(OC)cc2)cc(Br)c1OCc1ccccc1Cl. The maximum Gasteiger partial charge on any atom is 0.249 e. The van der Waals surface area contributed by atoms with Crippen LogP contribution in [0.4, 0.5) is 5.69 Å². The number of nitrogens with one attached hydrogen (secondary N) is 2. The Labute approximate surface area is 222 Å². The summed E-state index contributed by atoms with van der Waals surface area (Å²) in [5, 5.41) is 7.20. The third kappa shape index (κ3) is 8.00. The number of benzene rings is 3. The topological polar surface area (TPSA) is 98.2 Å². The predicted molar refractivity (Wildman–Crippen MR) is 143 cm³/mol. The molecule has 0 saturated carbocycles. The van der Waals surface area contributed by atoms with E-state index in [4.69, 9.17) is 25.8 Å². The van der Waals surface area contributed by atoms with Crippen LogP contribution in [-0.4, -0.2) is 31.7 Å². The van der Waals surface area contributed by atoms with Gasteiger partial charge in [0.1, 0.15) is 18.8 Å². The van der Waals surface area contributed by atoms with E-state index in [0.29, 0.717) is 44.6 Å². The average molecular weight is 575 g/mol. The number of hydrogen-bond donors (Lipinski definition) is 2. The third-order valence-corrected chi connectivity index (χ3v) is 5.72. The fourth-order valence-corrected chi connectivity index (χ4v) is 3.84. The Morgan fingerprint density at radius 2 is 1.81 bits per heavy atom. The number of halogens is 2. The molecule has 36 heavy (non-hydrogen) atoms. The zero-order valence-electron chi connectivity index (χ0n) is 19.7. The van der Waals surface area contributed by atoms with E-state index in [2.05, 4.69) is 31.8 Å². The second kappa shape index (κ2) is 13.5. The molecular formula is C26H25BrClN3O5. The number of ether oxygens (including phenoxy) is 3. The minimum atomic E-state index is -0.555. The molecule has 2 amide bonds. The van der Waals surface area contributed by atoms with Crippen LogP contribution in [0.25, 0.3) is 0 Å². The van der Waals surface area contributed by atoms with Crippen molar-refractivity contribution in [3.8, 4) is 17.2 Å². The second-order valence-corrected chi connectivity index (χ2v) is 8.65. The zero-order valence-corrected chi connectivity index (χ0v) is 22.1. The summed E-state index contributed by atoms with van der Waals surface area (Å²) in [4.78, 5) is 24.2. The van der Waals surface area contributed by atoms with Gasteiger partial charge in [0, 0.05) is 16.3 Å². The average Bonchev–Trinajstić information content (AvgIpc) is 2.85. The summed E-state index contributed by atoms with van der Waals surface area (Å²) in [6, 6.07) is 17.7. The molecule has 8 nitrogen and oxygen atoms in total. The molecule has 3 rings (SSSR count). The molecule has 188 valence electrons. The molecule has 0 heterocycles. The van der Waals surface area contributed by atoms with Crippen LogP contribution in [0.5, 0.6) is 17.2 Å². The monoisotopic (exact) mass is 573 g/mol. The van der Waals surface area contributed by atoms with E-state index in [1.807, 2.05) is 25.1 Å². The number of methoxy groups -OCH3 is 1. The Morgan fingerprint density at radius 1 is 1.06 bits per heavy atom. The number of amides is 2. The zero-order chi connectivity index (χ0) is 25.9. The normalized spacial score (nSPS) is 10.7. The molecule has 0 aliphatic heterocycles. The van der Waals surface area contributed by atoms with Crippen molar-refractivity contribution in [2.75, 3.05) is 19.0 Å². The highest BCUT2D eigenvalue weighted by Crippen LogP contribution is 2.37. The lowest BCUT2D eigenvalue weighted by molar-refractivity contribution is -0.126. The summed E-state index contributed by atoms with van der Waals surface area (Å²) in [5.74, 6) is 0.674. The maximum absolute atomic E-state index is 12.1. The third-order valence-electron chi connectivity index (χ3n) is 4.76. The van der Waals surface area contributed by atoms with Crippen molar-refractivity contribution in [3.63, 3.8) is 0 Å². The number of nitrogens with zero attached hydrogens (tertiary/aromatic N) is 1. The molecule has 0 aliphatic carbocycles. The highest BCUT2D eigenvalue weighted by Gasteiger charge is 2.13. The Kier molecular flexibility index (Phi) is 10.1. The smallest absolute Gasteiger partial charge is 0.249 e. The number of anilines is 1. The Hall–Kier alpha value is -3.56. The quantitative estimate of drug-likeness (QED) is 0.177. The first-order valence-corrected chi connectivity index (χ1v) is 12.1. The van der Waals surface area contributed by atoms with Crippen molar-refractivity contribution in [3.05, 3.63) is 81.3 Å². The number of carbonyl (C=O) groups excluding carboxylic acids is 2. The summed E-state index contributed by atoms with van der Waals surface area (Å²) in [5.41, 5.74) is 4.41. The van der Waals surface area contributed by atoms with E-state index in [-0.39, 0.29) is 13.0 Å². The number of carbonyl (C=O) groups is 2. The van der Waals surface area contributed by atoms with Crippen molar-refractivity contribution in [2.45, 2.75) is 20.0 Å². The number of hydrazone groups is 1. The molecule has 0 fully saturated rings. The molecular weight excluding hydrogens is 550 g/mol. The van der Waals surface area contributed by atoms with Crippen LogP contribution in [0, 0.1) is 0 Å². The van der Waals surface area contributed by atoms with Crippen molar-refractivity contribution in [1.29, 1.82) is 0 Å². The van der Waals surface area contributed by atoms with Gasteiger partial charge in [0.05, 0.1) is 24.4 Å². The van der Waals surface area contributed by atoms with E-state index in [9.17, 15) is 9.59 Å². The molecule has 0 radical (unpaired) electrons. The highest BCUT2D eigenvalue weighted by atomic mass is 79.9. The molecule has 0 aromatic heterocycles. The van der Waals surface area contributed by atoms with Crippen molar-refractivity contribution in [1.82, 2.24) is 5.43 Å². The van der Waals surface area contributed by atoms with Gasteiger partial charge in [-0.2, -0.15) is 5.10 Å². The van der Waals surface area contributed by atoms with Crippen LogP contribution in [0.15, 0.2) is 70.2 Å². The summed E-state index contributed by atoms with van der Waals surface area (Å²) in [7, 11) is 1.55. The van der Waals surface area contributed by atoms with Crippen molar-refractivity contribution in [2.24, 2.45) is 5.10 Å². The summed E-state index contributed by atoms with van der Waals surface area (Å²) in [6.07, 6.45) is 1.07. The summed E-state index contributed by atoms with van der Waals surface area (Å²) in [6.45, 7) is 2.56. The summed E-state index contributed by atoms with van der Waals surface area (Å²) < 4.78 is 17.4. The maximum atomic E-state index is 12.1. The molecule has 0 unspecified atom stereocenters. The van der Waals surface area contributed by atoms with Crippen LogP contribution >= 0.6 is 27.5 Å². The Morgan fingerprint density at radius 3 is 2.50 bits per heavy atom. The first kappa shape index (κ1) is 27.0. The number of hydrogen-bond acceptors (Lipinski definition) is 6. The fourth-order valence-electron chi connectivity index (χ4n) is 3.07. The first-order chi connectivity index (χ1) is 17.4. The van der Waals surface area contributed by atoms with E-state index in [1.54, 1.807) is 49.6 Å². The van der Waals surface area contributed by atoms with Crippen molar-refractivity contribution >= 4 is 51.2 Å². The largest absolute Gasteiger partial charge is 0.497 e. The van der Waals surface area contributed by atoms with Gasteiger partial charge in [-0.05, 0) is 70.9 Å². The van der Waals surface area contributed by atoms with Gasteiger partial charge < -0.3 is 19.5 Å². The van der Waals surface area contributed by atoms with Crippen LogP contribution in [0.2, 0.25) is 5.02 Å². The predicted octanol–water partition coefficient (Wildman–Crippen LogP) is 5.57. The number of rotatable bonds is 11. The standard InChI is InChI=1S/C26H25BrClN3O5/c1-3-35-23-13-17(12-21(27)26(23)36-16-18-6-4-5-7-22(18)28)15-29-31-25(33)14-24(32)30-19-8-10-20(34-2)11-9-19/h4-13,15H,3,14,16H2,1-2H3,(H,30,32)(H,31,33). The van der Waals surface area contributed by atoms with Crippen LogP contribution < -0.4 is 25.0 Å². The van der Waals surface area contributed by atoms with Gasteiger partial charge in [-0.25, -0.2) is 5.43 Å². The Bertz CT molecular complexity index is 1230. The second-order valence-electron chi connectivity index (χ2n) is 7.39. The fraction of sp³-hybridized carbons (Fsp3) is 0.192. The summed E-state index contributed by atoms with van der Waals surface area (Å²) >= 11 is 9.72. The van der Waals surface area contributed by atoms with E-state index < -0.39 is 11.8 Å². The van der Waals surface area contributed by atoms with Crippen LogP contribution in [-0.2, 0) is 16.2 Å². The van der Waals surface area contributed by atoms with Gasteiger partial charge in [0.25, 0.3) is 0 Å². The molecule has 0 spiro atoms. The van der Waals surface area contributed by atoms with Gasteiger partial charge in [-0.15, -0.1) is 0 Å². The molecule has 3 aromatic carbocycles. The van der Waals surface area contributed by atoms with Gasteiger partial charge in [0.15, 0.2) is 11.5 Å². The lowest BCUT2D eigenvalue weighted by Crippen LogP contribution is -2.24. The van der Waals surface area contributed by atoms with E-state index >= 15 is 0 Å². The van der Waals surface area contributed by atoms with Crippen LogP contribution in [0.3, 0.4) is 0 Å². The van der Waals surface area contributed by atoms with Gasteiger partial charge in [-0.1, -0.05) is 29.8 Å². The lowest BCUT2D eigenvalue weighted by Gasteiger charge is -2.15. The first-order valence-electron chi connectivity index (χ1n) is 11.0. The molecule has 3 aromatic rings. The molecule has 0 aliphatic rings. The molecule has 0 atom stereocenters. The van der Waals surface area contributed by atoms with E-state index in [1.165, 1.54) is 6.21 Å². The van der Waals surface area contributed by atoms with Gasteiger partial charge in [0.2, 0.25) is 11.8 Å². The molecule has 0 saturated heterocycles. The molecule has 10 heteroatoms. The molecule has 0 bridgehead atoms.